The molecule has 0 radical (unpaired) electrons. The minimum atomic E-state index is -0.0603. The SMILES string of the molecule is CCC[C@H](O)CC[C@H]1[C@@H](C)CCCC1(C)C. The fourth-order valence-electron chi connectivity index (χ4n) is 3.56. The normalized spacial score (nSPS) is 31.3. The van der Waals surface area contributed by atoms with Gasteiger partial charge < -0.3 is 5.11 Å². The quantitative estimate of drug-likeness (QED) is 0.737. The highest BCUT2D eigenvalue weighted by Crippen LogP contribution is 2.46. The molecule has 0 unspecified atom stereocenters. The first-order chi connectivity index (χ1) is 7.47. The Hall–Kier alpha value is -0.0400. The van der Waals surface area contributed by atoms with Gasteiger partial charge in [-0.05, 0) is 42.9 Å². The summed E-state index contributed by atoms with van der Waals surface area (Å²) in [4.78, 5) is 0. The largest absolute Gasteiger partial charge is 0.393 e. The summed E-state index contributed by atoms with van der Waals surface area (Å²) in [6.07, 6.45) is 8.38. The van der Waals surface area contributed by atoms with Gasteiger partial charge in [0.05, 0.1) is 6.10 Å². The van der Waals surface area contributed by atoms with Crippen molar-refractivity contribution in [3.05, 3.63) is 0 Å². The average Bonchev–Trinajstić information content (AvgIpc) is 2.16. The van der Waals surface area contributed by atoms with Crippen molar-refractivity contribution in [2.45, 2.75) is 78.7 Å². The summed E-state index contributed by atoms with van der Waals surface area (Å²) >= 11 is 0. The van der Waals surface area contributed by atoms with Gasteiger partial charge >= 0.3 is 0 Å². The predicted octanol–water partition coefficient (Wildman–Crippen LogP) is 4.39. The van der Waals surface area contributed by atoms with Crippen LogP contribution in [0.15, 0.2) is 0 Å². The lowest BCUT2D eigenvalue weighted by atomic mass is 9.62. The standard InChI is InChI=1S/C15H30O/c1-5-7-13(16)9-10-14-12(2)8-6-11-15(14,3)4/h12-14,16H,5-11H2,1-4H3/t12-,13-,14-/m0/s1. The Kier molecular flexibility index (Phi) is 5.30. The molecule has 0 aromatic rings. The molecule has 1 rings (SSSR count). The molecule has 96 valence electrons. The Balaban J connectivity index is 2.43. The van der Waals surface area contributed by atoms with Gasteiger partial charge in [-0.3, -0.25) is 0 Å². The smallest absolute Gasteiger partial charge is 0.0540 e. The van der Waals surface area contributed by atoms with Crippen molar-refractivity contribution < 1.29 is 5.11 Å². The molecule has 0 saturated heterocycles. The Morgan fingerprint density at radius 2 is 2.00 bits per heavy atom. The van der Waals surface area contributed by atoms with Gasteiger partial charge in [-0.1, -0.05) is 47.0 Å². The summed E-state index contributed by atoms with van der Waals surface area (Å²) in [5, 5.41) is 9.84. The van der Waals surface area contributed by atoms with Crippen LogP contribution >= 0.6 is 0 Å². The molecule has 0 bridgehead atoms. The Morgan fingerprint density at radius 3 is 2.56 bits per heavy atom. The summed E-state index contributed by atoms with van der Waals surface area (Å²) < 4.78 is 0. The Labute approximate surface area is 102 Å². The van der Waals surface area contributed by atoms with Crippen LogP contribution in [0.4, 0.5) is 0 Å². The van der Waals surface area contributed by atoms with Crippen LogP contribution in [-0.2, 0) is 0 Å². The van der Waals surface area contributed by atoms with E-state index in [1.54, 1.807) is 0 Å². The molecule has 1 aliphatic carbocycles. The summed E-state index contributed by atoms with van der Waals surface area (Å²) in [5.74, 6) is 1.66. The zero-order chi connectivity index (χ0) is 12.2. The predicted molar refractivity (Wildman–Crippen MR) is 70.4 cm³/mol. The topological polar surface area (TPSA) is 20.2 Å². The zero-order valence-corrected chi connectivity index (χ0v) is 11.6. The number of aliphatic hydroxyl groups excluding tert-OH is 1. The van der Waals surface area contributed by atoms with Crippen LogP contribution in [-0.4, -0.2) is 11.2 Å². The average molecular weight is 226 g/mol. The molecule has 0 amide bonds. The molecule has 0 aromatic heterocycles. The van der Waals surface area contributed by atoms with Gasteiger partial charge in [-0.2, -0.15) is 0 Å². The van der Waals surface area contributed by atoms with Crippen LogP contribution in [0.25, 0.3) is 0 Å². The van der Waals surface area contributed by atoms with E-state index in [1.807, 2.05) is 0 Å². The minimum Gasteiger partial charge on any atom is -0.393 e. The zero-order valence-electron chi connectivity index (χ0n) is 11.6. The maximum atomic E-state index is 9.84. The molecular weight excluding hydrogens is 196 g/mol. The summed E-state index contributed by atoms with van der Waals surface area (Å²) in [5.41, 5.74) is 0.490. The first kappa shape index (κ1) is 14.0. The molecule has 0 aromatic carbocycles. The molecule has 1 aliphatic rings. The van der Waals surface area contributed by atoms with Crippen LogP contribution in [0.1, 0.15) is 72.6 Å². The summed E-state index contributed by atoms with van der Waals surface area (Å²) in [6.45, 7) is 9.38. The van der Waals surface area contributed by atoms with E-state index in [1.165, 1.54) is 25.7 Å². The Morgan fingerprint density at radius 1 is 1.31 bits per heavy atom. The third-order valence-electron chi connectivity index (χ3n) is 4.60. The summed E-state index contributed by atoms with van der Waals surface area (Å²) in [6, 6.07) is 0. The van der Waals surface area contributed by atoms with E-state index < -0.39 is 0 Å². The lowest BCUT2D eigenvalue weighted by molar-refractivity contribution is 0.0560. The molecule has 1 heteroatoms. The van der Waals surface area contributed by atoms with E-state index in [2.05, 4.69) is 27.7 Å². The van der Waals surface area contributed by atoms with Crippen molar-refractivity contribution in [1.82, 2.24) is 0 Å². The van der Waals surface area contributed by atoms with Crippen molar-refractivity contribution in [2.75, 3.05) is 0 Å². The molecule has 1 nitrogen and oxygen atoms in total. The van der Waals surface area contributed by atoms with Crippen molar-refractivity contribution in [2.24, 2.45) is 17.3 Å². The van der Waals surface area contributed by atoms with Gasteiger partial charge in [0.1, 0.15) is 0 Å². The minimum absolute atomic E-state index is 0.0603. The fourth-order valence-corrected chi connectivity index (χ4v) is 3.56. The van der Waals surface area contributed by atoms with Crippen LogP contribution in [0.3, 0.4) is 0 Å². The van der Waals surface area contributed by atoms with Gasteiger partial charge in [-0.15, -0.1) is 0 Å². The maximum absolute atomic E-state index is 9.84. The van der Waals surface area contributed by atoms with Crippen molar-refractivity contribution >= 4 is 0 Å². The van der Waals surface area contributed by atoms with Gasteiger partial charge in [0, 0.05) is 0 Å². The maximum Gasteiger partial charge on any atom is 0.0540 e. The van der Waals surface area contributed by atoms with Crippen LogP contribution in [0.2, 0.25) is 0 Å². The van der Waals surface area contributed by atoms with Gasteiger partial charge in [0.2, 0.25) is 0 Å². The van der Waals surface area contributed by atoms with E-state index in [0.29, 0.717) is 5.41 Å². The Bertz CT molecular complexity index is 198. The van der Waals surface area contributed by atoms with Crippen molar-refractivity contribution in [3.8, 4) is 0 Å². The molecular formula is C15H30O. The molecule has 1 fully saturated rings. The van der Waals surface area contributed by atoms with E-state index >= 15 is 0 Å². The number of rotatable bonds is 5. The number of hydrogen-bond acceptors (Lipinski definition) is 1. The lowest BCUT2D eigenvalue weighted by Crippen LogP contribution is -2.34. The third kappa shape index (κ3) is 3.76. The highest BCUT2D eigenvalue weighted by atomic mass is 16.3. The first-order valence-corrected chi connectivity index (χ1v) is 7.15. The fraction of sp³-hybridized carbons (Fsp3) is 1.00. The summed E-state index contributed by atoms with van der Waals surface area (Å²) in [7, 11) is 0. The van der Waals surface area contributed by atoms with Crippen molar-refractivity contribution in [1.29, 1.82) is 0 Å². The van der Waals surface area contributed by atoms with Gasteiger partial charge in [0.25, 0.3) is 0 Å². The van der Waals surface area contributed by atoms with Gasteiger partial charge in [0.15, 0.2) is 0 Å². The van der Waals surface area contributed by atoms with Crippen LogP contribution in [0.5, 0.6) is 0 Å². The van der Waals surface area contributed by atoms with Gasteiger partial charge in [-0.25, -0.2) is 0 Å². The molecule has 0 aliphatic heterocycles. The lowest BCUT2D eigenvalue weighted by Gasteiger charge is -2.43. The third-order valence-corrected chi connectivity index (χ3v) is 4.60. The first-order valence-electron chi connectivity index (χ1n) is 7.15. The molecule has 16 heavy (non-hydrogen) atoms. The molecule has 1 saturated carbocycles. The monoisotopic (exact) mass is 226 g/mol. The second kappa shape index (κ2) is 6.05. The number of hydrogen-bond donors (Lipinski definition) is 1. The molecule has 0 heterocycles. The van der Waals surface area contributed by atoms with E-state index in [4.69, 9.17) is 0 Å². The highest BCUT2D eigenvalue weighted by molar-refractivity contribution is 4.86. The highest BCUT2D eigenvalue weighted by Gasteiger charge is 2.36. The second-order valence-electron chi connectivity index (χ2n) is 6.48. The van der Waals surface area contributed by atoms with E-state index in [0.717, 1.165) is 31.1 Å². The van der Waals surface area contributed by atoms with Crippen LogP contribution in [0, 0.1) is 17.3 Å². The van der Waals surface area contributed by atoms with Crippen LogP contribution < -0.4 is 0 Å². The van der Waals surface area contributed by atoms with E-state index in [-0.39, 0.29) is 6.10 Å². The molecule has 0 spiro atoms. The number of aliphatic hydroxyl groups is 1. The second-order valence-corrected chi connectivity index (χ2v) is 6.48. The van der Waals surface area contributed by atoms with Crippen molar-refractivity contribution in [3.63, 3.8) is 0 Å². The van der Waals surface area contributed by atoms with E-state index in [9.17, 15) is 5.11 Å². The molecule has 1 N–H and O–H groups in total. The molecule has 3 atom stereocenters.